The maximum atomic E-state index is 11.6. The third kappa shape index (κ3) is 5.44. The fourth-order valence-electron chi connectivity index (χ4n) is 2.08. The highest BCUT2D eigenvalue weighted by molar-refractivity contribution is 7.86. The van der Waals surface area contributed by atoms with Crippen molar-refractivity contribution in [2.75, 3.05) is 5.32 Å². The van der Waals surface area contributed by atoms with Crippen LogP contribution in [0.15, 0.2) is 52.4 Å². The summed E-state index contributed by atoms with van der Waals surface area (Å²) < 4.78 is 32.6. The summed E-state index contributed by atoms with van der Waals surface area (Å²) in [4.78, 5) is 14.6. The van der Waals surface area contributed by atoms with E-state index in [1.54, 1.807) is 42.5 Å². The van der Waals surface area contributed by atoms with E-state index in [0.29, 0.717) is 5.69 Å². The van der Waals surface area contributed by atoms with Crippen LogP contribution in [0.2, 0.25) is 0 Å². The van der Waals surface area contributed by atoms with Gasteiger partial charge in [-0.15, -0.1) is 0 Å². The third-order valence-electron chi connectivity index (χ3n) is 3.14. The number of thiocarbonyl (C=S) groups is 1. The lowest BCUT2D eigenvalue weighted by molar-refractivity contribution is -0.114. The number of amides is 1. The van der Waals surface area contributed by atoms with Crippen LogP contribution in [-0.2, 0) is 14.9 Å². The van der Waals surface area contributed by atoms with E-state index in [9.17, 15) is 17.8 Å². The lowest BCUT2D eigenvalue weighted by Crippen LogP contribution is -2.08. The van der Waals surface area contributed by atoms with Gasteiger partial charge in [-0.1, -0.05) is 30.4 Å². The van der Waals surface area contributed by atoms with E-state index < -0.39 is 10.1 Å². The Morgan fingerprint density at radius 1 is 1.20 bits per heavy atom. The van der Waals surface area contributed by atoms with E-state index in [-0.39, 0.29) is 22.1 Å². The summed E-state index contributed by atoms with van der Waals surface area (Å²) >= 11 is 4.53. The Hall–Kier alpha value is -2.64. The molecule has 0 saturated carbocycles. The summed E-state index contributed by atoms with van der Waals surface area (Å²) in [6, 6.07) is 11.3. The molecule has 0 aliphatic heterocycles. The Morgan fingerprint density at radius 3 is 2.44 bits per heavy atom. The molecule has 0 atom stereocenters. The Kier molecular flexibility index (Phi) is 5.95. The Labute approximate surface area is 150 Å². The monoisotopic (exact) mass is 374 g/mol. The van der Waals surface area contributed by atoms with Crippen molar-refractivity contribution in [1.82, 2.24) is 0 Å². The van der Waals surface area contributed by atoms with Gasteiger partial charge >= 0.3 is 0 Å². The van der Waals surface area contributed by atoms with Crippen molar-refractivity contribution in [3.63, 3.8) is 0 Å². The second-order valence-electron chi connectivity index (χ2n) is 5.04. The lowest BCUT2D eigenvalue weighted by atomic mass is 10.1. The minimum Gasteiger partial charge on any atom is -0.326 e. The molecule has 0 fully saturated rings. The molecule has 0 saturated heterocycles. The maximum Gasteiger partial charge on any atom is 0.295 e. The number of rotatable bonds is 5. The molecular formula is C17H14N2O4S2. The minimum absolute atomic E-state index is 0.277. The zero-order valence-corrected chi connectivity index (χ0v) is 14.8. The summed E-state index contributed by atoms with van der Waals surface area (Å²) in [5.74, 6) is -0.344. The first-order valence-corrected chi connectivity index (χ1v) is 8.89. The molecule has 0 spiro atoms. The summed E-state index contributed by atoms with van der Waals surface area (Å²) in [5, 5.41) is 4.74. The van der Waals surface area contributed by atoms with E-state index in [1.807, 2.05) is 0 Å². The van der Waals surface area contributed by atoms with E-state index >= 15 is 0 Å². The number of carbonyl (C=O) groups is 1. The number of nitrogens with one attached hydrogen (secondary N) is 1. The quantitative estimate of drug-likeness (QED) is 0.359. The highest BCUT2D eigenvalue weighted by Crippen LogP contribution is 2.23. The van der Waals surface area contributed by atoms with Crippen molar-refractivity contribution in [2.24, 2.45) is 4.99 Å². The molecule has 0 unspecified atom stereocenters. The number of benzene rings is 2. The highest BCUT2D eigenvalue weighted by atomic mass is 32.2. The first kappa shape index (κ1) is 18.7. The molecule has 6 nitrogen and oxygen atoms in total. The smallest absolute Gasteiger partial charge is 0.295 e. The highest BCUT2D eigenvalue weighted by Gasteiger charge is 2.15. The average Bonchev–Trinajstić information content (AvgIpc) is 2.54. The molecule has 0 aliphatic rings. The summed E-state index contributed by atoms with van der Waals surface area (Å²) in [6.45, 7) is 1.30. The van der Waals surface area contributed by atoms with E-state index in [0.717, 1.165) is 5.56 Å². The van der Waals surface area contributed by atoms with Crippen LogP contribution in [0.4, 0.5) is 11.4 Å². The van der Waals surface area contributed by atoms with Gasteiger partial charge in [-0.2, -0.15) is 13.4 Å². The molecule has 2 aromatic rings. The van der Waals surface area contributed by atoms with Gasteiger partial charge in [0.05, 0.1) is 10.8 Å². The molecule has 2 N–H and O–H groups in total. The average molecular weight is 374 g/mol. The van der Waals surface area contributed by atoms with Crippen molar-refractivity contribution in [3.05, 3.63) is 53.6 Å². The van der Waals surface area contributed by atoms with E-state index in [1.165, 1.54) is 19.1 Å². The van der Waals surface area contributed by atoms with Gasteiger partial charge in [0.2, 0.25) is 5.91 Å². The standard InChI is InChI=1S/C17H14N2O4S2/c1-12(20)19-16-9-6-14(17(10-16)25(21,22)23)5-2-13-3-7-15(8-4-13)18-11-24/h2-10H,1H3,(H,19,20)(H,21,22,23). The molecule has 2 aromatic carbocycles. The lowest BCUT2D eigenvalue weighted by Gasteiger charge is -2.07. The normalized spacial score (nSPS) is 11.1. The molecule has 2 rings (SSSR count). The first-order chi connectivity index (χ1) is 11.8. The van der Waals surface area contributed by atoms with Gasteiger partial charge < -0.3 is 5.32 Å². The van der Waals surface area contributed by atoms with Crippen LogP contribution in [0.25, 0.3) is 12.2 Å². The number of nitrogens with zero attached hydrogens (tertiary/aromatic N) is 1. The predicted octanol–water partition coefficient (Wildman–Crippen LogP) is 3.80. The van der Waals surface area contributed by atoms with Crippen LogP contribution in [0.1, 0.15) is 18.1 Å². The maximum absolute atomic E-state index is 11.6. The minimum atomic E-state index is -4.45. The van der Waals surface area contributed by atoms with Crippen LogP contribution in [0.3, 0.4) is 0 Å². The molecule has 0 aromatic heterocycles. The Bertz CT molecular complexity index is 974. The second kappa shape index (κ2) is 7.96. The first-order valence-electron chi connectivity index (χ1n) is 7.05. The number of anilines is 1. The molecule has 1 amide bonds. The van der Waals surface area contributed by atoms with Gasteiger partial charge in [0, 0.05) is 12.6 Å². The number of isothiocyanates is 1. The summed E-state index contributed by atoms with van der Waals surface area (Å²) in [7, 11) is -4.45. The largest absolute Gasteiger partial charge is 0.326 e. The molecule has 0 bridgehead atoms. The number of hydrogen-bond acceptors (Lipinski definition) is 5. The topological polar surface area (TPSA) is 95.8 Å². The second-order valence-corrected chi connectivity index (χ2v) is 6.61. The van der Waals surface area contributed by atoms with Gasteiger partial charge in [-0.3, -0.25) is 9.35 Å². The third-order valence-corrected chi connectivity index (χ3v) is 4.14. The molecule has 0 aliphatic carbocycles. The van der Waals surface area contributed by atoms with Crippen molar-refractivity contribution in [1.29, 1.82) is 0 Å². The van der Waals surface area contributed by atoms with Crippen molar-refractivity contribution in [2.45, 2.75) is 11.8 Å². The SMILES string of the molecule is CC(=O)Nc1ccc(C=Cc2ccc(N=C=S)cc2)c(S(=O)(=O)O)c1. The fraction of sp³-hybridized carbons (Fsp3) is 0.0588. The molecule has 0 radical (unpaired) electrons. The van der Waals surface area contributed by atoms with E-state index in [2.05, 4.69) is 27.7 Å². The molecule has 25 heavy (non-hydrogen) atoms. The van der Waals surface area contributed by atoms with Crippen molar-refractivity contribution in [3.8, 4) is 0 Å². The zero-order chi connectivity index (χ0) is 18.4. The molecule has 128 valence electrons. The summed E-state index contributed by atoms with van der Waals surface area (Å²) in [5.41, 5.74) is 2.03. The number of hydrogen-bond donors (Lipinski definition) is 2. The van der Waals surface area contributed by atoms with Gasteiger partial charge in [0.25, 0.3) is 10.1 Å². The van der Waals surface area contributed by atoms with Gasteiger partial charge in [-0.25, -0.2) is 0 Å². The van der Waals surface area contributed by atoms with Crippen LogP contribution in [0, 0.1) is 0 Å². The van der Waals surface area contributed by atoms with E-state index in [4.69, 9.17) is 0 Å². The zero-order valence-electron chi connectivity index (χ0n) is 13.1. The van der Waals surface area contributed by atoms with Gasteiger partial charge in [-0.05, 0) is 47.6 Å². The van der Waals surface area contributed by atoms with Crippen molar-refractivity contribution >= 4 is 56.9 Å². The molecular weight excluding hydrogens is 360 g/mol. The molecule has 8 heteroatoms. The Morgan fingerprint density at radius 2 is 1.88 bits per heavy atom. The van der Waals surface area contributed by atoms with Gasteiger partial charge in [0.15, 0.2) is 0 Å². The number of carbonyl (C=O) groups excluding carboxylic acids is 1. The summed E-state index contributed by atoms with van der Waals surface area (Å²) in [6.07, 6.45) is 3.24. The van der Waals surface area contributed by atoms with Crippen LogP contribution < -0.4 is 5.32 Å². The fourth-order valence-corrected chi connectivity index (χ4v) is 2.89. The Balaban J connectivity index is 2.37. The van der Waals surface area contributed by atoms with Crippen LogP contribution >= 0.6 is 12.2 Å². The molecule has 0 heterocycles. The van der Waals surface area contributed by atoms with Crippen LogP contribution in [-0.4, -0.2) is 24.0 Å². The van der Waals surface area contributed by atoms with Gasteiger partial charge in [0.1, 0.15) is 4.90 Å². The van der Waals surface area contributed by atoms with Crippen molar-refractivity contribution < 1.29 is 17.8 Å². The number of aliphatic imine (C=N–C) groups is 1. The van der Waals surface area contributed by atoms with Crippen LogP contribution in [0.5, 0.6) is 0 Å². The predicted molar refractivity (Wildman–Crippen MR) is 101 cm³/mol.